The first-order valence-electron chi connectivity index (χ1n) is 7.99. The van der Waals surface area contributed by atoms with Crippen molar-refractivity contribution < 1.29 is 14.6 Å². The number of nitrogens with one attached hydrogen (secondary N) is 1. The highest BCUT2D eigenvalue weighted by Gasteiger charge is 2.36. The Balaban J connectivity index is 1.82. The van der Waals surface area contributed by atoms with Crippen LogP contribution >= 0.6 is 0 Å². The number of ether oxygens (including phenoxy) is 1. The lowest BCUT2D eigenvalue weighted by atomic mass is 9.75. The first-order chi connectivity index (χ1) is 11.6. The number of hydrogen-bond donors (Lipinski definition) is 2. The molecule has 2 aromatic rings. The van der Waals surface area contributed by atoms with Gasteiger partial charge in [-0.1, -0.05) is 6.07 Å². The van der Waals surface area contributed by atoms with E-state index in [0.29, 0.717) is 30.0 Å². The van der Waals surface area contributed by atoms with E-state index in [2.05, 4.69) is 15.3 Å². The minimum absolute atomic E-state index is 0.164. The summed E-state index contributed by atoms with van der Waals surface area (Å²) in [6, 6.07) is 6.99. The number of aliphatic hydroxyl groups is 1. The summed E-state index contributed by atoms with van der Waals surface area (Å²) in [6.45, 7) is 1.81. The molecule has 1 aliphatic carbocycles. The summed E-state index contributed by atoms with van der Waals surface area (Å²) in [4.78, 5) is 21.0. The van der Waals surface area contributed by atoms with Gasteiger partial charge in [-0.3, -0.25) is 9.78 Å². The zero-order chi connectivity index (χ0) is 17.1. The van der Waals surface area contributed by atoms with Gasteiger partial charge in [0.05, 0.1) is 24.8 Å². The SMILES string of the molecule is COc1ccc([C@H](NC(=O)c2cccnc2C)C2CC(O)C2)cn1. The second kappa shape index (κ2) is 6.97. The first-order valence-corrected chi connectivity index (χ1v) is 7.99. The maximum Gasteiger partial charge on any atom is 0.253 e. The van der Waals surface area contributed by atoms with Crippen LogP contribution in [0, 0.1) is 12.8 Å². The molecule has 0 aliphatic heterocycles. The van der Waals surface area contributed by atoms with E-state index in [-0.39, 0.29) is 24.0 Å². The van der Waals surface area contributed by atoms with Crippen molar-refractivity contribution in [3.05, 3.63) is 53.5 Å². The van der Waals surface area contributed by atoms with E-state index >= 15 is 0 Å². The van der Waals surface area contributed by atoms with Crippen LogP contribution in [0.1, 0.15) is 40.5 Å². The molecule has 3 rings (SSSR count). The second-order valence-electron chi connectivity index (χ2n) is 6.11. The van der Waals surface area contributed by atoms with E-state index in [0.717, 1.165) is 5.56 Å². The zero-order valence-corrected chi connectivity index (χ0v) is 13.8. The predicted octanol–water partition coefficient (Wildman–Crippen LogP) is 2.04. The van der Waals surface area contributed by atoms with Crippen LogP contribution in [0.5, 0.6) is 5.88 Å². The lowest BCUT2D eigenvalue weighted by molar-refractivity contribution is 0.0234. The van der Waals surface area contributed by atoms with Gasteiger partial charge in [-0.25, -0.2) is 4.98 Å². The molecule has 0 aromatic carbocycles. The van der Waals surface area contributed by atoms with Gasteiger partial charge in [0.15, 0.2) is 0 Å². The third kappa shape index (κ3) is 3.38. The number of carbonyl (C=O) groups is 1. The van der Waals surface area contributed by atoms with Gasteiger partial charge in [-0.05, 0) is 43.4 Å². The number of rotatable bonds is 5. The van der Waals surface area contributed by atoms with Crippen LogP contribution < -0.4 is 10.1 Å². The Labute approximate surface area is 140 Å². The summed E-state index contributed by atoms with van der Waals surface area (Å²) in [5.41, 5.74) is 2.15. The van der Waals surface area contributed by atoms with Gasteiger partial charge < -0.3 is 15.2 Å². The summed E-state index contributed by atoms with van der Waals surface area (Å²) in [5, 5.41) is 12.7. The van der Waals surface area contributed by atoms with Crippen molar-refractivity contribution in [2.24, 2.45) is 5.92 Å². The van der Waals surface area contributed by atoms with Crippen molar-refractivity contribution in [1.82, 2.24) is 15.3 Å². The average molecular weight is 327 g/mol. The van der Waals surface area contributed by atoms with Crippen molar-refractivity contribution >= 4 is 5.91 Å². The second-order valence-corrected chi connectivity index (χ2v) is 6.11. The molecule has 0 bridgehead atoms. The highest BCUT2D eigenvalue weighted by molar-refractivity contribution is 5.95. The lowest BCUT2D eigenvalue weighted by Gasteiger charge is -2.38. The van der Waals surface area contributed by atoms with Gasteiger partial charge in [-0.2, -0.15) is 0 Å². The molecule has 24 heavy (non-hydrogen) atoms. The maximum atomic E-state index is 12.6. The Kier molecular flexibility index (Phi) is 4.76. The van der Waals surface area contributed by atoms with Gasteiger partial charge in [0.25, 0.3) is 5.91 Å². The van der Waals surface area contributed by atoms with Crippen molar-refractivity contribution in [2.75, 3.05) is 7.11 Å². The van der Waals surface area contributed by atoms with Gasteiger partial charge in [-0.15, -0.1) is 0 Å². The van der Waals surface area contributed by atoms with Gasteiger partial charge in [0.2, 0.25) is 5.88 Å². The minimum atomic E-state index is -0.291. The average Bonchev–Trinajstić information content (AvgIpc) is 2.57. The molecule has 6 heteroatoms. The molecular formula is C18H21N3O3. The molecule has 1 atom stereocenters. The van der Waals surface area contributed by atoms with E-state index < -0.39 is 0 Å². The molecule has 0 saturated heterocycles. The molecular weight excluding hydrogens is 306 g/mol. The Morgan fingerprint density at radius 1 is 1.33 bits per heavy atom. The van der Waals surface area contributed by atoms with E-state index in [4.69, 9.17) is 4.74 Å². The third-order valence-electron chi connectivity index (χ3n) is 4.49. The summed E-state index contributed by atoms with van der Waals surface area (Å²) < 4.78 is 5.09. The number of aliphatic hydroxyl groups excluding tert-OH is 1. The lowest BCUT2D eigenvalue weighted by Crippen LogP contribution is -2.41. The van der Waals surface area contributed by atoms with Crippen LogP contribution in [-0.4, -0.2) is 34.2 Å². The Morgan fingerprint density at radius 3 is 2.71 bits per heavy atom. The van der Waals surface area contributed by atoms with Crippen molar-refractivity contribution in [3.8, 4) is 5.88 Å². The predicted molar refractivity (Wildman–Crippen MR) is 88.7 cm³/mol. The number of nitrogens with zero attached hydrogens (tertiary/aromatic N) is 2. The van der Waals surface area contributed by atoms with Crippen LogP contribution in [0.3, 0.4) is 0 Å². The molecule has 1 saturated carbocycles. The topological polar surface area (TPSA) is 84.3 Å². The Bertz CT molecular complexity index is 712. The largest absolute Gasteiger partial charge is 0.481 e. The Morgan fingerprint density at radius 2 is 2.12 bits per heavy atom. The number of aromatic nitrogens is 2. The molecule has 2 heterocycles. The number of aryl methyl sites for hydroxylation is 1. The fraction of sp³-hybridized carbons (Fsp3) is 0.389. The van der Waals surface area contributed by atoms with Crippen LogP contribution in [-0.2, 0) is 0 Å². The van der Waals surface area contributed by atoms with Crippen LogP contribution in [0.25, 0.3) is 0 Å². The molecule has 1 fully saturated rings. The van der Waals surface area contributed by atoms with Gasteiger partial charge >= 0.3 is 0 Å². The number of hydrogen-bond acceptors (Lipinski definition) is 5. The molecule has 2 aromatic heterocycles. The van der Waals surface area contributed by atoms with Crippen LogP contribution in [0.2, 0.25) is 0 Å². The molecule has 126 valence electrons. The fourth-order valence-electron chi connectivity index (χ4n) is 3.02. The van der Waals surface area contributed by atoms with E-state index in [1.165, 1.54) is 0 Å². The number of carbonyl (C=O) groups excluding carboxylic acids is 1. The summed E-state index contributed by atoms with van der Waals surface area (Å²) in [6.07, 6.45) is 4.43. The number of amides is 1. The standard InChI is InChI=1S/C18H21N3O3/c1-11-15(4-3-7-19-11)18(23)21-17(13-8-14(22)9-13)12-5-6-16(24-2)20-10-12/h3-7,10,13-14,17,22H,8-9H2,1-2H3,(H,21,23)/t13?,14?,17-/m0/s1. The van der Waals surface area contributed by atoms with Crippen molar-refractivity contribution in [2.45, 2.75) is 31.9 Å². The van der Waals surface area contributed by atoms with Crippen molar-refractivity contribution in [3.63, 3.8) is 0 Å². The number of pyridine rings is 2. The van der Waals surface area contributed by atoms with Crippen LogP contribution in [0.4, 0.5) is 0 Å². The smallest absolute Gasteiger partial charge is 0.253 e. The van der Waals surface area contributed by atoms with Gasteiger partial charge in [0, 0.05) is 24.2 Å². The van der Waals surface area contributed by atoms with Crippen LogP contribution in [0.15, 0.2) is 36.7 Å². The Hall–Kier alpha value is -2.47. The van der Waals surface area contributed by atoms with Gasteiger partial charge in [0.1, 0.15) is 0 Å². The third-order valence-corrected chi connectivity index (χ3v) is 4.49. The molecule has 6 nitrogen and oxygen atoms in total. The van der Waals surface area contributed by atoms with Crippen molar-refractivity contribution in [1.29, 1.82) is 0 Å². The maximum absolute atomic E-state index is 12.6. The molecule has 1 amide bonds. The minimum Gasteiger partial charge on any atom is -0.481 e. The van der Waals surface area contributed by atoms with E-state index in [9.17, 15) is 9.90 Å². The fourth-order valence-corrected chi connectivity index (χ4v) is 3.02. The normalized spacial score (nSPS) is 20.8. The summed E-state index contributed by atoms with van der Waals surface area (Å²) in [5.74, 6) is 0.555. The highest BCUT2D eigenvalue weighted by Crippen LogP contribution is 2.38. The molecule has 2 N–H and O–H groups in total. The molecule has 0 radical (unpaired) electrons. The molecule has 1 aliphatic rings. The zero-order valence-electron chi connectivity index (χ0n) is 13.8. The monoisotopic (exact) mass is 327 g/mol. The van der Waals surface area contributed by atoms with E-state index in [1.807, 2.05) is 13.0 Å². The summed E-state index contributed by atoms with van der Waals surface area (Å²) >= 11 is 0. The van der Waals surface area contributed by atoms with E-state index in [1.54, 1.807) is 37.7 Å². The molecule has 0 unspecified atom stereocenters. The first kappa shape index (κ1) is 16.4. The summed E-state index contributed by atoms with van der Waals surface area (Å²) in [7, 11) is 1.56. The quantitative estimate of drug-likeness (QED) is 0.878. The molecule has 0 spiro atoms. The highest BCUT2D eigenvalue weighted by atomic mass is 16.5. The number of methoxy groups -OCH3 is 1.